The molecule has 1 aliphatic heterocycles. The number of hydrogen-bond acceptors (Lipinski definition) is 7. The van der Waals surface area contributed by atoms with Crippen LogP contribution in [0.5, 0.6) is 5.75 Å². The minimum absolute atomic E-state index is 0.0651. The molecule has 1 aliphatic carbocycles. The van der Waals surface area contributed by atoms with Crippen molar-refractivity contribution in [3.8, 4) is 17.6 Å². The molecule has 36 heavy (non-hydrogen) atoms. The van der Waals surface area contributed by atoms with E-state index in [0.717, 1.165) is 43.7 Å². The van der Waals surface area contributed by atoms with Crippen LogP contribution in [-0.2, 0) is 13.0 Å². The summed E-state index contributed by atoms with van der Waals surface area (Å²) in [7, 11) is 0. The number of anilines is 1. The number of rotatable bonds is 5. The quantitative estimate of drug-likeness (QED) is 0.477. The van der Waals surface area contributed by atoms with Crippen LogP contribution in [-0.4, -0.2) is 39.9 Å². The number of fused-ring (bicyclic) bond motifs is 1. The maximum atomic E-state index is 9.98. The van der Waals surface area contributed by atoms with Gasteiger partial charge in [0, 0.05) is 19.1 Å². The van der Waals surface area contributed by atoms with Crippen LogP contribution >= 0.6 is 0 Å². The average molecular weight is 485 g/mol. The summed E-state index contributed by atoms with van der Waals surface area (Å²) in [6.45, 7) is 3.38. The molecule has 7 heteroatoms. The summed E-state index contributed by atoms with van der Waals surface area (Å²) in [4.78, 5) is 11.4. The minimum Gasteiger partial charge on any atom is -0.481 e. The summed E-state index contributed by atoms with van der Waals surface area (Å²) in [6.07, 6.45) is 4.13. The highest BCUT2D eigenvalue weighted by atomic mass is 16.5. The number of benzene rings is 2. The van der Waals surface area contributed by atoms with Gasteiger partial charge in [-0.15, -0.1) is 0 Å². The lowest BCUT2D eigenvalue weighted by Gasteiger charge is -2.42. The van der Waals surface area contributed by atoms with Crippen LogP contribution in [0.3, 0.4) is 0 Å². The summed E-state index contributed by atoms with van der Waals surface area (Å²) in [5.74, 6) is 7.32. The lowest BCUT2D eigenvalue weighted by Crippen LogP contribution is -2.45. The molecule has 0 saturated carbocycles. The molecule has 7 nitrogen and oxygen atoms in total. The largest absolute Gasteiger partial charge is 0.481 e. The van der Waals surface area contributed by atoms with Crippen LogP contribution in [0.25, 0.3) is 0 Å². The van der Waals surface area contributed by atoms with E-state index in [1.54, 1.807) is 13.1 Å². The number of nitrogens with two attached hydrogens (primary N) is 1. The van der Waals surface area contributed by atoms with E-state index in [2.05, 4.69) is 51.0 Å². The molecule has 2 atom stereocenters. The molecule has 1 aromatic heterocycles. The van der Waals surface area contributed by atoms with Crippen molar-refractivity contribution in [3.63, 3.8) is 0 Å². The first-order chi connectivity index (χ1) is 17.5. The van der Waals surface area contributed by atoms with Crippen LogP contribution in [0.15, 0.2) is 54.7 Å². The molecule has 1 saturated heterocycles. The third kappa shape index (κ3) is 4.80. The molecular formula is C29H32N4O3. The van der Waals surface area contributed by atoms with Gasteiger partial charge in [-0.05, 0) is 66.3 Å². The van der Waals surface area contributed by atoms with Gasteiger partial charge in [0.2, 0.25) is 0 Å². The van der Waals surface area contributed by atoms with Gasteiger partial charge >= 0.3 is 0 Å². The van der Waals surface area contributed by atoms with Gasteiger partial charge in [-0.1, -0.05) is 42.3 Å². The molecule has 2 heterocycles. The first kappa shape index (κ1) is 24.3. The summed E-state index contributed by atoms with van der Waals surface area (Å²) in [6, 6.07) is 15.9. The highest BCUT2D eigenvalue weighted by molar-refractivity contribution is 5.47. The van der Waals surface area contributed by atoms with Crippen molar-refractivity contribution in [3.05, 3.63) is 82.8 Å². The van der Waals surface area contributed by atoms with Crippen molar-refractivity contribution in [1.29, 1.82) is 0 Å². The van der Waals surface area contributed by atoms with Crippen molar-refractivity contribution < 1.29 is 14.9 Å². The fourth-order valence-electron chi connectivity index (χ4n) is 5.41. The Balaban J connectivity index is 1.20. The number of aliphatic hydroxyl groups excluding tert-OH is 2. The van der Waals surface area contributed by atoms with E-state index in [0.29, 0.717) is 17.1 Å². The molecule has 1 fully saturated rings. The molecule has 3 aromatic rings. The van der Waals surface area contributed by atoms with Crippen molar-refractivity contribution >= 4 is 5.82 Å². The summed E-state index contributed by atoms with van der Waals surface area (Å²) in [5, 5.41) is 19.6. The molecule has 0 amide bonds. The maximum Gasteiger partial charge on any atom is 0.152 e. The smallest absolute Gasteiger partial charge is 0.152 e. The van der Waals surface area contributed by atoms with Gasteiger partial charge in [0.05, 0.1) is 18.9 Å². The summed E-state index contributed by atoms with van der Waals surface area (Å²) < 4.78 is 5.64. The number of nitrogens with zero attached hydrogens (tertiary/aromatic N) is 3. The van der Waals surface area contributed by atoms with Gasteiger partial charge < -0.3 is 25.6 Å². The van der Waals surface area contributed by atoms with Crippen molar-refractivity contribution in [2.75, 3.05) is 24.6 Å². The number of hydrogen-bond donors (Lipinski definition) is 3. The molecule has 0 bridgehead atoms. The Bertz CT molecular complexity index is 1270. The third-order valence-corrected chi connectivity index (χ3v) is 7.51. The minimum atomic E-state index is -0.510. The highest BCUT2D eigenvalue weighted by Gasteiger charge is 2.46. The average Bonchev–Trinajstić information content (AvgIpc) is 3.18. The molecule has 2 unspecified atom stereocenters. The van der Waals surface area contributed by atoms with E-state index in [1.165, 1.54) is 11.1 Å². The normalized spacial score (nSPS) is 18.9. The van der Waals surface area contributed by atoms with Gasteiger partial charge in [0.15, 0.2) is 5.82 Å². The first-order valence-electron chi connectivity index (χ1n) is 12.4. The fourth-order valence-corrected chi connectivity index (χ4v) is 5.41. The Morgan fingerprint density at radius 1 is 1.17 bits per heavy atom. The lowest BCUT2D eigenvalue weighted by molar-refractivity contribution is 0.186. The zero-order valence-electron chi connectivity index (χ0n) is 20.5. The van der Waals surface area contributed by atoms with E-state index in [-0.39, 0.29) is 24.7 Å². The molecule has 2 aromatic carbocycles. The predicted octanol–water partition coefficient (Wildman–Crippen LogP) is 3.30. The molecule has 186 valence electrons. The van der Waals surface area contributed by atoms with E-state index < -0.39 is 6.10 Å². The number of piperidine rings is 1. The maximum absolute atomic E-state index is 9.98. The Hall–Kier alpha value is -3.44. The van der Waals surface area contributed by atoms with Gasteiger partial charge in [-0.3, -0.25) is 0 Å². The SMILES string of the molecule is CC(O)c1ccc(OCC#Cc2cnc(N3CCC4(CC3)Cc3ccccc3C4N)c(CO)n2)cc1. The molecular weight excluding hydrogens is 452 g/mol. The van der Waals surface area contributed by atoms with E-state index in [9.17, 15) is 10.2 Å². The molecule has 4 N–H and O–H groups in total. The zero-order chi connectivity index (χ0) is 25.1. The van der Waals surface area contributed by atoms with Crippen molar-refractivity contribution in [2.24, 2.45) is 11.1 Å². The van der Waals surface area contributed by atoms with Gasteiger partial charge in [0.25, 0.3) is 0 Å². The first-order valence-corrected chi connectivity index (χ1v) is 12.4. The Labute approximate surface area is 212 Å². The Morgan fingerprint density at radius 3 is 2.61 bits per heavy atom. The predicted molar refractivity (Wildman–Crippen MR) is 138 cm³/mol. The molecule has 5 rings (SSSR count). The monoisotopic (exact) mass is 484 g/mol. The van der Waals surface area contributed by atoms with Crippen LogP contribution in [0.4, 0.5) is 5.82 Å². The third-order valence-electron chi connectivity index (χ3n) is 7.51. The van der Waals surface area contributed by atoms with E-state index in [1.807, 2.05) is 24.3 Å². The van der Waals surface area contributed by atoms with Gasteiger partial charge in [0.1, 0.15) is 23.7 Å². The molecule has 0 radical (unpaired) electrons. The molecule has 2 aliphatic rings. The fraction of sp³-hybridized carbons (Fsp3) is 0.379. The Kier molecular flexibility index (Phi) is 6.92. The standard InChI is InChI=1S/C29H32N4O3/c1-20(35)21-8-10-24(11-9-21)36-16-4-6-23-18-31-28(26(19-34)32-23)33-14-12-29(13-15-33)17-22-5-2-3-7-25(22)27(29)30/h2-3,5,7-11,18,20,27,34-35H,12-17,19,30H2,1H3. The van der Waals surface area contributed by atoms with E-state index >= 15 is 0 Å². The number of aromatic nitrogens is 2. The van der Waals surface area contributed by atoms with Crippen molar-refractivity contribution in [1.82, 2.24) is 9.97 Å². The zero-order valence-corrected chi connectivity index (χ0v) is 20.5. The van der Waals surface area contributed by atoms with Gasteiger partial charge in [-0.2, -0.15) is 0 Å². The van der Waals surface area contributed by atoms with Crippen LogP contribution in [0.2, 0.25) is 0 Å². The number of aliphatic hydroxyl groups is 2. The van der Waals surface area contributed by atoms with Crippen LogP contribution in [0.1, 0.15) is 60.0 Å². The molecule has 1 spiro atoms. The topological polar surface area (TPSA) is 105 Å². The van der Waals surface area contributed by atoms with Crippen molar-refractivity contribution in [2.45, 2.75) is 44.9 Å². The highest BCUT2D eigenvalue weighted by Crippen LogP contribution is 2.51. The second-order valence-corrected chi connectivity index (χ2v) is 9.72. The van der Waals surface area contributed by atoms with Crippen LogP contribution in [0, 0.1) is 17.3 Å². The van der Waals surface area contributed by atoms with Crippen LogP contribution < -0.4 is 15.4 Å². The van der Waals surface area contributed by atoms with Gasteiger partial charge in [-0.25, -0.2) is 9.97 Å². The number of ether oxygens (including phenoxy) is 1. The second-order valence-electron chi connectivity index (χ2n) is 9.72. The lowest BCUT2D eigenvalue weighted by atomic mass is 9.73. The van der Waals surface area contributed by atoms with E-state index in [4.69, 9.17) is 10.5 Å². The summed E-state index contributed by atoms with van der Waals surface area (Å²) in [5.41, 5.74) is 11.3. The summed E-state index contributed by atoms with van der Waals surface area (Å²) >= 11 is 0. The second kappa shape index (κ2) is 10.3. The Morgan fingerprint density at radius 2 is 1.92 bits per heavy atom.